The summed E-state index contributed by atoms with van der Waals surface area (Å²) >= 11 is 0. The normalized spacial score (nSPS) is 20.5. The third kappa shape index (κ3) is 1.96. The van der Waals surface area contributed by atoms with E-state index in [1.165, 1.54) is 25.0 Å². The van der Waals surface area contributed by atoms with Crippen LogP contribution < -0.4 is 4.74 Å². The van der Waals surface area contributed by atoms with Crippen LogP contribution in [0.1, 0.15) is 31.2 Å². The second kappa shape index (κ2) is 3.97. The van der Waals surface area contributed by atoms with Gasteiger partial charge in [0.1, 0.15) is 11.6 Å². The number of aliphatic carboxylic acids is 1. The minimum atomic E-state index is -0.916. The summed E-state index contributed by atoms with van der Waals surface area (Å²) in [5.74, 6) is -0.174. The molecule has 1 aromatic rings. The Labute approximate surface area is 105 Å². The fourth-order valence-corrected chi connectivity index (χ4v) is 2.22. The van der Waals surface area contributed by atoms with Crippen molar-refractivity contribution < 1.29 is 19.0 Å². The van der Waals surface area contributed by atoms with Gasteiger partial charge >= 0.3 is 5.97 Å². The molecule has 2 fully saturated rings. The summed E-state index contributed by atoms with van der Waals surface area (Å²) in [7, 11) is 0. The van der Waals surface area contributed by atoms with E-state index < -0.39 is 17.2 Å². The van der Waals surface area contributed by atoms with E-state index in [2.05, 4.69) is 0 Å². The Bertz CT molecular complexity index is 490. The maximum absolute atomic E-state index is 13.3. The molecule has 0 amide bonds. The van der Waals surface area contributed by atoms with Crippen LogP contribution in [-0.2, 0) is 10.2 Å². The van der Waals surface area contributed by atoms with Gasteiger partial charge in [0.15, 0.2) is 0 Å². The molecule has 2 saturated carbocycles. The number of carboxylic acids is 1. The van der Waals surface area contributed by atoms with Gasteiger partial charge in [0.25, 0.3) is 0 Å². The first-order valence-electron chi connectivity index (χ1n) is 6.28. The van der Waals surface area contributed by atoms with Crippen LogP contribution in [0.3, 0.4) is 0 Å². The van der Waals surface area contributed by atoms with Crippen molar-refractivity contribution in [2.24, 2.45) is 5.92 Å². The molecule has 3 rings (SSSR count). The highest BCUT2D eigenvalue weighted by atomic mass is 19.1. The molecule has 4 heteroatoms. The second-order valence-corrected chi connectivity index (χ2v) is 5.28. The molecule has 0 saturated heterocycles. The fourth-order valence-electron chi connectivity index (χ4n) is 2.22. The van der Waals surface area contributed by atoms with E-state index in [1.807, 2.05) is 0 Å². The SMILES string of the molecule is O=C(O)C1(c2cc(F)ccc2OCC2CC2)CC1. The van der Waals surface area contributed by atoms with Gasteiger partial charge in [0.05, 0.1) is 12.0 Å². The maximum Gasteiger partial charge on any atom is 0.314 e. The Morgan fingerprint density at radius 1 is 1.44 bits per heavy atom. The van der Waals surface area contributed by atoms with Gasteiger partial charge in [-0.2, -0.15) is 0 Å². The molecule has 0 radical (unpaired) electrons. The first kappa shape index (κ1) is 11.5. The number of halogens is 1. The van der Waals surface area contributed by atoms with Crippen molar-refractivity contribution in [3.05, 3.63) is 29.6 Å². The number of hydrogen-bond acceptors (Lipinski definition) is 2. The summed E-state index contributed by atoms with van der Waals surface area (Å²) < 4.78 is 19.0. The second-order valence-electron chi connectivity index (χ2n) is 5.28. The summed E-state index contributed by atoms with van der Waals surface area (Å²) in [6, 6.07) is 4.18. The van der Waals surface area contributed by atoms with Crippen molar-refractivity contribution in [1.29, 1.82) is 0 Å². The Hall–Kier alpha value is -1.58. The van der Waals surface area contributed by atoms with E-state index >= 15 is 0 Å². The lowest BCUT2D eigenvalue weighted by Crippen LogP contribution is -2.21. The molecule has 0 heterocycles. The van der Waals surface area contributed by atoms with E-state index in [4.69, 9.17) is 4.74 Å². The van der Waals surface area contributed by atoms with Crippen LogP contribution in [0.2, 0.25) is 0 Å². The van der Waals surface area contributed by atoms with Crippen LogP contribution in [0, 0.1) is 11.7 Å². The van der Waals surface area contributed by atoms with Gasteiger partial charge in [-0.05, 0) is 49.8 Å². The molecule has 0 atom stereocenters. The molecule has 0 unspecified atom stereocenters. The average molecular weight is 250 g/mol. The predicted molar refractivity (Wildman–Crippen MR) is 63.2 cm³/mol. The third-order valence-corrected chi connectivity index (χ3v) is 3.79. The van der Waals surface area contributed by atoms with Crippen molar-refractivity contribution in [3.8, 4) is 5.75 Å². The first-order chi connectivity index (χ1) is 8.62. The Morgan fingerprint density at radius 3 is 2.72 bits per heavy atom. The van der Waals surface area contributed by atoms with Crippen LogP contribution in [0.15, 0.2) is 18.2 Å². The summed E-state index contributed by atoms with van der Waals surface area (Å²) in [5.41, 5.74) is -0.420. The number of hydrogen-bond donors (Lipinski definition) is 1. The Kier molecular flexibility index (Phi) is 2.54. The van der Waals surface area contributed by atoms with Gasteiger partial charge in [0, 0.05) is 5.56 Å². The number of ether oxygens (including phenoxy) is 1. The number of rotatable bonds is 5. The van der Waals surface area contributed by atoms with Crippen molar-refractivity contribution in [2.75, 3.05) is 6.61 Å². The van der Waals surface area contributed by atoms with E-state index in [1.54, 1.807) is 6.07 Å². The summed E-state index contributed by atoms with van der Waals surface area (Å²) in [6.07, 6.45) is 3.46. The van der Waals surface area contributed by atoms with Crippen LogP contribution in [0.5, 0.6) is 5.75 Å². The average Bonchev–Trinajstić information content (AvgIpc) is 3.21. The van der Waals surface area contributed by atoms with Gasteiger partial charge in [-0.1, -0.05) is 0 Å². The number of carbonyl (C=O) groups is 1. The number of carboxylic acid groups (broad SMARTS) is 1. The highest BCUT2D eigenvalue weighted by Crippen LogP contribution is 2.51. The molecule has 0 aromatic heterocycles. The zero-order valence-electron chi connectivity index (χ0n) is 9.99. The minimum Gasteiger partial charge on any atom is -0.493 e. The third-order valence-electron chi connectivity index (χ3n) is 3.79. The molecule has 96 valence electrons. The molecular weight excluding hydrogens is 235 g/mol. The smallest absolute Gasteiger partial charge is 0.314 e. The molecule has 2 aliphatic carbocycles. The molecule has 1 N–H and O–H groups in total. The zero-order valence-corrected chi connectivity index (χ0v) is 9.99. The summed E-state index contributed by atoms with van der Waals surface area (Å²) in [5, 5.41) is 9.28. The molecule has 2 aliphatic rings. The van der Waals surface area contributed by atoms with Gasteiger partial charge in [-0.15, -0.1) is 0 Å². The lowest BCUT2D eigenvalue weighted by atomic mass is 9.95. The topological polar surface area (TPSA) is 46.5 Å². The maximum atomic E-state index is 13.3. The quantitative estimate of drug-likeness (QED) is 0.874. The fraction of sp³-hybridized carbons (Fsp3) is 0.500. The molecule has 1 aromatic carbocycles. The van der Waals surface area contributed by atoms with Crippen molar-refractivity contribution in [1.82, 2.24) is 0 Å². The molecular formula is C14H15FO3. The molecule has 18 heavy (non-hydrogen) atoms. The van der Waals surface area contributed by atoms with Crippen molar-refractivity contribution >= 4 is 5.97 Å². The summed E-state index contributed by atoms with van der Waals surface area (Å²) in [6.45, 7) is 0.605. The highest BCUT2D eigenvalue weighted by molar-refractivity contribution is 5.86. The van der Waals surface area contributed by atoms with E-state index in [-0.39, 0.29) is 0 Å². The predicted octanol–water partition coefficient (Wildman–Crippen LogP) is 2.73. The monoisotopic (exact) mass is 250 g/mol. The van der Waals surface area contributed by atoms with Crippen molar-refractivity contribution in [2.45, 2.75) is 31.1 Å². The first-order valence-corrected chi connectivity index (χ1v) is 6.28. The van der Waals surface area contributed by atoms with Crippen LogP contribution >= 0.6 is 0 Å². The lowest BCUT2D eigenvalue weighted by molar-refractivity contribution is -0.140. The van der Waals surface area contributed by atoms with E-state index in [0.717, 1.165) is 0 Å². The van der Waals surface area contributed by atoms with Crippen LogP contribution in [-0.4, -0.2) is 17.7 Å². The largest absolute Gasteiger partial charge is 0.493 e. The zero-order chi connectivity index (χ0) is 12.8. The Balaban J connectivity index is 1.90. The number of benzene rings is 1. The van der Waals surface area contributed by atoms with E-state index in [0.29, 0.717) is 36.7 Å². The van der Waals surface area contributed by atoms with Gasteiger partial charge < -0.3 is 9.84 Å². The van der Waals surface area contributed by atoms with Gasteiger partial charge in [-0.3, -0.25) is 4.79 Å². The van der Waals surface area contributed by atoms with Gasteiger partial charge in [-0.25, -0.2) is 4.39 Å². The molecule has 3 nitrogen and oxygen atoms in total. The molecule has 0 bridgehead atoms. The van der Waals surface area contributed by atoms with Gasteiger partial charge in [0.2, 0.25) is 0 Å². The Morgan fingerprint density at radius 2 is 2.17 bits per heavy atom. The van der Waals surface area contributed by atoms with E-state index in [9.17, 15) is 14.3 Å². The molecule has 0 aliphatic heterocycles. The van der Waals surface area contributed by atoms with Crippen LogP contribution in [0.4, 0.5) is 4.39 Å². The van der Waals surface area contributed by atoms with Crippen molar-refractivity contribution in [3.63, 3.8) is 0 Å². The summed E-state index contributed by atoms with van der Waals surface area (Å²) in [4.78, 5) is 11.3. The minimum absolute atomic E-state index is 0.406. The lowest BCUT2D eigenvalue weighted by Gasteiger charge is -2.16. The standard InChI is InChI=1S/C14H15FO3/c15-10-3-4-12(18-8-9-1-2-9)11(7-10)14(5-6-14)13(16)17/h3-4,7,9H,1-2,5-6,8H2,(H,16,17). The molecule has 0 spiro atoms. The highest BCUT2D eigenvalue weighted by Gasteiger charge is 2.53. The van der Waals surface area contributed by atoms with Crippen LogP contribution in [0.25, 0.3) is 0 Å².